The molecule has 0 bridgehead atoms. The zero-order valence-corrected chi connectivity index (χ0v) is 28.6. The molecule has 3 aliphatic rings. The van der Waals surface area contributed by atoms with Crippen LogP contribution in [0.5, 0.6) is 6.01 Å². The Labute approximate surface area is 294 Å². The molecule has 0 spiro atoms. The smallest absolute Gasteiger partial charge is 0.417 e. The number of thiophene rings is 1. The van der Waals surface area contributed by atoms with Crippen LogP contribution in [-0.4, -0.2) is 82.8 Å². The van der Waals surface area contributed by atoms with Gasteiger partial charge in [0.05, 0.1) is 27.6 Å². The minimum Gasteiger partial charge on any atom is -0.461 e. The van der Waals surface area contributed by atoms with Crippen molar-refractivity contribution in [3.63, 3.8) is 0 Å². The van der Waals surface area contributed by atoms with Gasteiger partial charge in [0.1, 0.15) is 41.0 Å². The first-order chi connectivity index (χ1) is 24.2. The van der Waals surface area contributed by atoms with E-state index in [1.807, 2.05) is 11.0 Å². The number of nitriles is 1. The molecule has 51 heavy (non-hydrogen) atoms. The number of allylic oxidation sites excluding steroid dienone is 2. The van der Waals surface area contributed by atoms with Crippen molar-refractivity contribution in [3.8, 4) is 12.1 Å². The summed E-state index contributed by atoms with van der Waals surface area (Å²) in [4.78, 5) is 26.4. The number of carbonyl (C=O) groups is 1. The van der Waals surface area contributed by atoms with Crippen LogP contribution < -0.4 is 15.4 Å². The zero-order chi connectivity index (χ0) is 36.8. The maximum Gasteiger partial charge on any atom is 0.417 e. The van der Waals surface area contributed by atoms with Gasteiger partial charge in [-0.05, 0) is 57.0 Å². The van der Waals surface area contributed by atoms with E-state index in [0.717, 1.165) is 42.1 Å². The van der Waals surface area contributed by atoms with Crippen LogP contribution in [0.15, 0.2) is 36.9 Å². The monoisotopic (exact) mass is 731 g/mol. The second-order valence-electron chi connectivity index (χ2n) is 13.1. The first-order valence-corrected chi connectivity index (χ1v) is 17.1. The number of nitrogens with two attached hydrogens (primary N) is 1. The van der Waals surface area contributed by atoms with Crippen LogP contribution in [0.2, 0.25) is 0 Å². The predicted molar refractivity (Wildman–Crippen MR) is 183 cm³/mol. The molecule has 3 aliphatic heterocycles. The van der Waals surface area contributed by atoms with Crippen molar-refractivity contribution >= 4 is 50.9 Å². The Kier molecular flexibility index (Phi) is 9.81. The van der Waals surface area contributed by atoms with Gasteiger partial charge in [-0.15, -0.1) is 11.3 Å². The van der Waals surface area contributed by atoms with Gasteiger partial charge in [0.2, 0.25) is 5.91 Å². The molecule has 3 fully saturated rings. The number of likely N-dealkylation sites (N-methyl/N-ethyl adjacent to an activating group) is 1. The molecule has 6 rings (SSSR count). The highest BCUT2D eigenvalue weighted by atomic mass is 32.1. The molecule has 1 aromatic carbocycles. The SMILES string of the molecule is C=CC(=O)N1CC[C@H](N(C)c2nc(OC[C@@]34CCCN3C[C@H](F)C4)nc3c(F)c(/C=C/C=C(/F)c4cc(C#N)c(N)s4)c(C(F)(F)F)cc23)[C@@H]1C. The Bertz CT molecular complexity index is 1970. The summed E-state index contributed by atoms with van der Waals surface area (Å²) in [6, 6.07) is 2.64. The number of anilines is 2. The molecule has 0 unspecified atom stereocenters. The van der Waals surface area contributed by atoms with E-state index in [1.165, 1.54) is 12.1 Å². The van der Waals surface area contributed by atoms with Crippen molar-refractivity contribution in [2.24, 2.45) is 0 Å². The molecular weight excluding hydrogens is 696 g/mol. The van der Waals surface area contributed by atoms with E-state index < -0.39 is 58.3 Å². The molecule has 270 valence electrons. The average Bonchev–Trinajstić information content (AvgIpc) is 3.84. The molecule has 9 nitrogen and oxygen atoms in total. The number of benzene rings is 1. The topological polar surface area (TPSA) is 112 Å². The largest absolute Gasteiger partial charge is 0.461 e. The van der Waals surface area contributed by atoms with Crippen molar-refractivity contribution in [2.75, 3.05) is 43.9 Å². The number of amides is 1. The van der Waals surface area contributed by atoms with E-state index in [-0.39, 0.29) is 58.1 Å². The number of carbonyl (C=O) groups excluding carboxylic acids is 1. The fourth-order valence-corrected chi connectivity index (χ4v) is 8.33. The summed E-state index contributed by atoms with van der Waals surface area (Å²) in [5.41, 5.74) is 2.43. The van der Waals surface area contributed by atoms with E-state index in [2.05, 4.69) is 16.5 Å². The number of nitrogens with zero attached hydrogens (tertiary/aromatic N) is 6. The summed E-state index contributed by atoms with van der Waals surface area (Å²) in [7, 11) is 1.60. The summed E-state index contributed by atoms with van der Waals surface area (Å²) in [5, 5.41) is 8.93. The number of halogens is 6. The minimum absolute atomic E-state index is 0.0106. The van der Waals surface area contributed by atoms with Gasteiger partial charge < -0.3 is 20.3 Å². The molecular formula is C35H35F6N7O2S. The molecule has 2 aromatic heterocycles. The van der Waals surface area contributed by atoms with Crippen molar-refractivity contribution in [1.82, 2.24) is 19.8 Å². The summed E-state index contributed by atoms with van der Waals surface area (Å²) in [5.74, 6) is -2.59. The number of hydrogen-bond donors (Lipinski definition) is 1. The van der Waals surface area contributed by atoms with Crippen LogP contribution in [0.25, 0.3) is 22.8 Å². The lowest BCUT2D eigenvalue weighted by molar-refractivity contribution is -0.137. The van der Waals surface area contributed by atoms with Gasteiger partial charge in [0.25, 0.3) is 0 Å². The van der Waals surface area contributed by atoms with E-state index in [9.17, 15) is 26.7 Å². The van der Waals surface area contributed by atoms with Gasteiger partial charge in [0.15, 0.2) is 5.82 Å². The molecule has 0 radical (unpaired) electrons. The standard InChI is InChI=1S/C35H35F6N7O2S/c1-4-28(49)48-12-9-26(19(48)2)46(3)32-23-14-24(35(39,40)41)22(7-5-8-25(37)27-13-20(16-42)31(43)51-27)29(38)30(23)44-33(45-32)50-18-34-10-6-11-47(34)17-21(36)15-34/h4-5,7-8,13-14,19,21,26H,1,6,9-12,15,17-18,43H2,2-3H3/b7-5+,25-8+/t19-,21+,26-,34-/m0/s1. The van der Waals surface area contributed by atoms with Crippen LogP contribution in [0.1, 0.15) is 54.2 Å². The molecule has 4 atom stereocenters. The van der Waals surface area contributed by atoms with Crippen LogP contribution in [-0.2, 0) is 11.0 Å². The molecule has 2 N–H and O–H groups in total. The second-order valence-corrected chi connectivity index (χ2v) is 14.1. The maximum atomic E-state index is 16.5. The third-order valence-corrected chi connectivity index (χ3v) is 11.1. The first-order valence-electron chi connectivity index (χ1n) is 16.3. The quantitative estimate of drug-likeness (QED) is 0.144. The van der Waals surface area contributed by atoms with Gasteiger partial charge in [-0.25, -0.2) is 13.2 Å². The Morgan fingerprint density at radius 1 is 1.31 bits per heavy atom. The number of aromatic nitrogens is 2. The van der Waals surface area contributed by atoms with E-state index in [0.29, 0.717) is 25.9 Å². The molecule has 1 amide bonds. The zero-order valence-electron chi connectivity index (χ0n) is 27.8. The van der Waals surface area contributed by atoms with E-state index in [1.54, 1.807) is 23.8 Å². The normalized spacial score (nSPS) is 24.0. The molecule has 3 saturated heterocycles. The molecule has 5 heterocycles. The fourth-order valence-electron chi connectivity index (χ4n) is 7.53. The molecule has 3 aromatic rings. The average molecular weight is 732 g/mol. The van der Waals surface area contributed by atoms with Crippen molar-refractivity contribution in [3.05, 3.63) is 64.3 Å². The number of ether oxygens (including phenoxy) is 1. The lowest BCUT2D eigenvalue weighted by Gasteiger charge is -2.33. The number of hydrogen-bond acceptors (Lipinski definition) is 9. The third-order valence-electron chi connectivity index (χ3n) is 10.1. The van der Waals surface area contributed by atoms with Gasteiger partial charge in [-0.3, -0.25) is 9.69 Å². The van der Waals surface area contributed by atoms with Crippen LogP contribution in [0, 0.1) is 17.1 Å². The Hall–Kier alpha value is -4.62. The van der Waals surface area contributed by atoms with E-state index in [4.69, 9.17) is 15.7 Å². The van der Waals surface area contributed by atoms with Crippen LogP contribution in [0.3, 0.4) is 0 Å². The van der Waals surface area contributed by atoms with Crippen LogP contribution in [0.4, 0.5) is 37.2 Å². The van der Waals surface area contributed by atoms with Gasteiger partial charge in [-0.1, -0.05) is 18.7 Å². The van der Waals surface area contributed by atoms with E-state index >= 15 is 4.39 Å². The molecule has 0 aliphatic carbocycles. The lowest BCUT2D eigenvalue weighted by Crippen LogP contribution is -2.44. The fraction of sp³-hybridized carbons (Fsp3) is 0.429. The summed E-state index contributed by atoms with van der Waals surface area (Å²) in [6.07, 6.45) is -0.179. The molecule has 0 saturated carbocycles. The Balaban J connectivity index is 1.45. The third kappa shape index (κ3) is 6.76. The first kappa shape index (κ1) is 36.2. The summed E-state index contributed by atoms with van der Waals surface area (Å²) < 4.78 is 95.7. The maximum absolute atomic E-state index is 16.5. The Morgan fingerprint density at radius 2 is 2.08 bits per heavy atom. The van der Waals surface area contributed by atoms with Crippen LogP contribution >= 0.6 is 11.3 Å². The highest BCUT2D eigenvalue weighted by Gasteiger charge is 2.49. The summed E-state index contributed by atoms with van der Waals surface area (Å²) in [6.45, 7) is 6.63. The Morgan fingerprint density at radius 3 is 2.76 bits per heavy atom. The number of likely N-dealkylation sites (tertiary alicyclic amines) is 1. The van der Waals surface area contributed by atoms with Crippen molar-refractivity contribution in [1.29, 1.82) is 5.26 Å². The number of nitrogen functional groups attached to an aromatic ring is 1. The number of fused-ring (bicyclic) bond motifs is 2. The number of rotatable bonds is 9. The minimum atomic E-state index is -5.05. The van der Waals surface area contributed by atoms with Crippen molar-refractivity contribution < 1.29 is 35.9 Å². The van der Waals surface area contributed by atoms with Gasteiger partial charge >= 0.3 is 12.2 Å². The second kappa shape index (κ2) is 13.8. The number of alkyl halides is 4. The van der Waals surface area contributed by atoms with Crippen molar-refractivity contribution in [2.45, 2.75) is 62.6 Å². The summed E-state index contributed by atoms with van der Waals surface area (Å²) >= 11 is 0.782. The predicted octanol–water partition coefficient (Wildman–Crippen LogP) is 6.89. The lowest BCUT2D eigenvalue weighted by atomic mass is 9.95. The van der Waals surface area contributed by atoms with Gasteiger partial charge in [0, 0.05) is 43.5 Å². The highest BCUT2D eigenvalue weighted by molar-refractivity contribution is 7.17. The molecule has 16 heteroatoms. The highest BCUT2D eigenvalue weighted by Crippen LogP contribution is 2.43. The van der Waals surface area contributed by atoms with Gasteiger partial charge in [-0.2, -0.15) is 28.4 Å².